The summed E-state index contributed by atoms with van der Waals surface area (Å²) < 4.78 is 27.6. The second-order valence-corrected chi connectivity index (χ2v) is 11.3. The average molecular weight is 538 g/mol. The number of anilines is 2. The van der Waals surface area contributed by atoms with Crippen LogP contribution in [0.4, 0.5) is 20.2 Å². The van der Waals surface area contributed by atoms with Gasteiger partial charge in [-0.3, -0.25) is 9.99 Å². The first-order chi connectivity index (χ1) is 18.0. The van der Waals surface area contributed by atoms with E-state index in [4.69, 9.17) is 18.0 Å². The van der Waals surface area contributed by atoms with Crippen molar-refractivity contribution in [1.82, 2.24) is 25.9 Å². The molecule has 4 N–H and O–H groups in total. The quantitative estimate of drug-likeness (QED) is 0.231. The molecule has 3 aromatic rings. The standard InChI is InChI=1S/C28H30ClF2N7/c1-6-16-12-32-26-19(25(16)33-14-28(3,4)5)9-17(10-20(26)29)35-27(18-7-8-24(31)34-15(18)2)22-13-38(37-36-22)23-11-21(23)30/h1,7-10,12-13,21,23,27,35-37H,11,14H2,2-5H3,(H,32,33)/t21?,23?,27-/m0/s1. The molecule has 1 aromatic carbocycles. The van der Waals surface area contributed by atoms with E-state index in [-0.39, 0.29) is 11.5 Å². The molecule has 0 bridgehead atoms. The zero-order valence-corrected chi connectivity index (χ0v) is 22.4. The Morgan fingerprint density at radius 2 is 2.08 bits per heavy atom. The molecule has 0 saturated heterocycles. The van der Waals surface area contributed by atoms with Gasteiger partial charge in [0, 0.05) is 47.7 Å². The molecule has 1 aliphatic heterocycles. The molecule has 1 saturated carbocycles. The van der Waals surface area contributed by atoms with Crippen LogP contribution in [-0.2, 0) is 0 Å². The van der Waals surface area contributed by atoms with Gasteiger partial charge in [0.2, 0.25) is 5.95 Å². The Morgan fingerprint density at radius 1 is 1.32 bits per heavy atom. The molecule has 5 rings (SSSR count). The van der Waals surface area contributed by atoms with E-state index in [1.807, 2.05) is 12.3 Å². The third-order valence-corrected chi connectivity index (χ3v) is 6.84. The third kappa shape index (κ3) is 5.33. The number of alkyl halides is 1. The molecular formula is C28H30ClF2N7. The molecule has 2 aromatic heterocycles. The largest absolute Gasteiger partial charge is 0.383 e. The topological polar surface area (TPSA) is 77.1 Å². The number of aromatic nitrogens is 2. The molecule has 3 atom stereocenters. The highest BCUT2D eigenvalue weighted by atomic mass is 35.5. The van der Waals surface area contributed by atoms with Gasteiger partial charge in [-0.25, -0.2) is 9.37 Å². The highest BCUT2D eigenvalue weighted by molar-refractivity contribution is 6.35. The summed E-state index contributed by atoms with van der Waals surface area (Å²) in [5.41, 5.74) is 10.9. The molecule has 1 aliphatic carbocycles. The van der Waals surface area contributed by atoms with Gasteiger partial charge in [-0.2, -0.15) is 4.39 Å². The average Bonchev–Trinajstić information content (AvgIpc) is 3.38. The molecular weight excluding hydrogens is 508 g/mol. The van der Waals surface area contributed by atoms with E-state index in [9.17, 15) is 8.78 Å². The summed E-state index contributed by atoms with van der Waals surface area (Å²) in [5, 5.41) is 9.94. The van der Waals surface area contributed by atoms with Crippen molar-refractivity contribution in [2.24, 2.45) is 5.41 Å². The normalized spacial score (nSPS) is 19.5. The number of hydrazine groups is 2. The van der Waals surface area contributed by atoms with Gasteiger partial charge >= 0.3 is 0 Å². The summed E-state index contributed by atoms with van der Waals surface area (Å²) in [7, 11) is 0. The van der Waals surface area contributed by atoms with E-state index >= 15 is 0 Å². The minimum Gasteiger partial charge on any atom is -0.383 e. The maximum absolute atomic E-state index is 13.9. The molecule has 2 unspecified atom stereocenters. The van der Waals surface area contributed by atoms with E-state index in [0.717, 1.165) is 22.3 Å². The summed E-state index contributed by atoms with van der Waals surface area (Å²) in [6, 6.07) is 6.04. The highest BCUT2D eigenvalue weighted by Gasteiger charge is 2.43. The lowest BCUT2D eigenvalue weighted by Crippen LogP contribution is -2.39. The van der Waals surface area contributed by atoms with Gasteiger partial charge in [0.1, 0.15) is 6.17 Å². The maximum Gasteiger partial charge on any atom is 0.213 e. The number of nitrogens with one attached hydrogen (secondary N) is 4. The zero-order valence-electron chi connectivity index (χ0n) is 21.7. The van der Waals surface area contributed by atoms with Crippen LogP contribution in [-0.4, -0.2) is 33.7 Å². The smallest absolute Gasteiger partial charge is 0.213 e. The Balaban J connectivity index is 1.57. The van der Waals surface area contributed by atoms with Crippen LogP contribution in [0.2, 0.25) is 5.02 Å². The number of fused-ring (bicyclic) bond motifs is 1. The van der Waals surface area contributed by atoms with Gasteiger partial charge in [0.15, 0.2) is 0 Å². The third-order valence-electron chi connectivity index (χ3n) is 6.55. The van der Waals surface area contributed by atoms with E-state index in [0.29, 0.717) is 40.4 Å². The Kier molecular flexibility index (Phi) is 6.80. The molecule has 7 nitrogen and oxygen atoms in total. The predicted octanol–water partition coefficient (Wildman–Crippen LogP) is 5.60. The minimum absolute atomic E-state index is 0.0129. The van der Waals surface area contributed by atoms with Crippen molar-refractivity contribution >= 4 is 33.9 Å². The Hall–Kier alpha value is -3.61. The van der Waals surface area contributed by atoms with Gasteiger partial charge in [-0.15, -0.1) is 12.0 Å². The van der Waals surface area contributed by atoms with Gasteiger partial charge in [0.05, 0.1) is 39.6 Å². The lowest BCUT2D eigenvalue weighted by atomic mass is 9.96. The number of benzene rings is 1. The van der Waals surface area contributed by atoms with E-state index in [1.54, 1.807) is 30.3 Å². The molecule has 198 valence electrons. The van der Waals surface area contributed by atoms with E-state index in [2.05, 4.69) is 58.3 Å². The number of aryl methyl sites for hydroxylation is 1. The van der Waals surface area contributed by atoms with Crippen molar-refractivity contribution in [3.8, 4) is 12.3 Å². The van der Waals surface area contributed by atoms with Gasteiger partial charge in [-0.05, 0) is 30.5 Å². The Bertz CT molecular complexity index is 1460. The van der Waals surface area contributed by atoms with Crippen LogP contribution in [0.5, 0.6) is 0 Å². The summed E-state index contributed by atoms with van der Waals surface area (Å²) in [6.45, 7) is 8.84. The van der Waals surface area contributed by atoms with Crippen molar-refractivity contribution in [2.75, 3.05) is 17.2 Å². The fourth-order valence-electron chi connectivity index (χ4n) is 4.44. The maximum atomic E-state index is 13.9. The number of hydrogen-bond acceptors (Lipinski definition) is 7. The molecule has 0 spiro atoms. The van der Waals surface area contributed by atoms with Crippen molar-refractivity contribution < 1.29 is 8.78 Å². The molecule has 10 heteroatoms. The molecule has 1 fully saturated rings. The van der Waals surface area contributed by atoms with E-state index in [1.165, 1.54) is 6.07 Å². The summed E-state index contributed by atoms with van der Waals surface area (Å²) in [4.78, 5) is 8.52. The fourth-order valence-corrected chi connectivity index (χ4v) is 4.71. The molecule has 38 heavy (non-hydrogen) atoms. The summed E-state index contributed by atoms with van der Waals surface area (Å²) in [6.07, 6.45) is 8.86. The Labute approximate surface area is 226 Å². The summed E-state index contributed by atoms with van der Waals surface area (Å²) in [5.74, 6) is 2.15. The predicted molar refractivity (Wildman–Crippen MR) is 147 cm³/mol. The lowest BCUT2D eigenvalue weighted by Gasteiger charge is -2.24. The van der Waals surface area contributed by atoms with Crippen molar-refractivity contribution in [3.05, 3.63) is 70.2 Å². The van der Waals surface area contributed by atoms with Crippen molar-refractivity contribution in [2.45, 2.75) is 52.4 Å². The first kappa shape index (κ1) is 26.0. The SMILES string of the molecule is C#Cc1cnc2c(Cl)cc(N[C@H](C3=CN(C4CC4F)NN3)c3ccc(F)nc3C)cc2c1NCC(C)(C)C. The monoisotopic (exact) mass is 537 g/mol. The zero-order chi connectivity index (χ0) is 27.2. The van der Waals surface area contributed by atoms with Gasteiger partial charge in [-0.1, -0.05) is 44.4 Å². The van der Waals surface area contributed by atoms with Crippen LogP contribution in [0.3, 0.4) is 0 Å². The van der Waals surface area contributed by atoms with Gasteiger partial charge in [0.25, 0.3) is 0 Å². The number of rotatable bonds is 7. The summed E-state index contributed by atoms with van der Waals surface area (Å²) >= 11 is 6.71. The van der Waals surface area contributed by atoms with Crippen molar-refractivity contribution in [1.29, 1.82) is 0 Å². The lowest BCUT2D eigenvalue weighted by molar-refractivity contribution is 0.236. The number of terminal acetylenes is 1. The van der Waals surface area contributed by atoms with Crippen LogP contribution in [0.15, 0.2) is 42.4 Å². The number of nitrogens with zero attached hydrogens (tertiary/aromatic N) is 3. The van der Waals surface area contributed by atoms with Crippen LogP contribution in [0.25, 0.3) is 10.9 Å². The molecule has 0 amide bonds. The minimum atomic E-state index is -0.878. The first-order valence-corrected chi connectivity index (χ1v) is 12.8. The second kappa shape index (κ2) is 9.93. The number of hydrogen-bond donors (Lipinski definition) is 4. The Morgan fingerprint density at radius 3 is 2.74 bits per heavy atom. The van der Waals surface area contributed by atoms with Crippen molar-refractivity contribution in [3.63, 3.8) is 0 Å². The molecule has 3 heterocycles. The fraction of sp³-hybridized carbons (Fsp3) is 0.357. The molecule has 2 aliphatic rings. The first-order valence-electron chi connectivity index (χ1n) is 12.4. The van der Waals surface area contributed by atoms with Crippen LogP contribution >= 0.6 is 11.6 Å². The van der Waals surface area contributed by atoms with E-state index < -0.39 is 18.2 Å². The van der Waals surface area contributed by atoms with Crippen LogP contribution < -0.4 is 21.6 Å². The highest BCUT2D eigenvalue weighted by Crippen LogP contribution is 2.38. The second-order valence-electron chi connectivity index (χ2n) is 10.9. The van der Waals surface area contributed by atoms with Gasteiger partial charge < -0.3 is 16.1 Å². The number of halogens is 3. The molecule has 0 radical (unpaired) electrons. The van der Waals surface area contributed by atoms with Crippen LogP contribution in [0, 0.1) is 30.6 Å². The number of pyridine rings is 2. The van der Waals surface area contributed by atoms with Crippen LogP contribution in [0.1, 0.15) is 50.1 Å².